The summed E-state index contributed by atoms with van der Waals surface area (Å²) in [6.45, 7) is -0.0819. The molecule has 1 aliphatic heterocycles. The van der Waals surface area contributed by atoms with Crippen LogP contribution in [0.4, 0.5) is 11.4 Å². The van der Waals surface area contributed by atoms with Gasteiger partial charge in [0.05, 0.1) is 12.1 Å². The van der Waals surface area contributed by atoms with Crippen LogP contribution in [0, 0.1) is 0 Å². The average molecular weight is 435 g/mol. The molecule has 2 N–H and O–H groups in total. The van der Waals surface area contributed by atoms with Gasteiger partial charge in [-0.15, -0.1) is 0 Å². The van der Waals surface area contributed by atoms with Crippen molar-refractivity contribution >= 4 is 34.9 Å². The lowest BCUT2D eigenvalue weighted by Gasteiger charge is -2.46. The van der Waals surface area contributed by atoms with Crippen LogP contribution in [0.5, 0.6) is 0 Å². The fraction of sp³-hybridized carbons (Fsp3) is 0.0833. The third-order valence-electron chi connectivity index (χ3n) is 5.15. The van der Waals surface area contributed by atoms with Gasteiger partial charge in [0.25, 0.3) is 0 Å². The van der Waals surface area contributed by atoms with Gasteiger partial charge in [-0.05, 0) is 42.0 Å². The minimum absolute atomic E-state index is 0.0819. The Balaban J connectivity index is 2.01. The largest absolute Gasteiger partial charge is 0.478 e. The molecule has 0 radical (unpaired) electrons. The summed E-state index contributed by atoms with van der Waals surface area (Å²) in [6, 6.07) is 25.4. The Morgan fingerprint density at radius 3 is 1.90 bits per heavy atom. The number of carbonyl (C=O) groups is 2. The van der Waals surface area contributed by atoms with Crippen molar-refractivity contribution in [2.45, 2.75) is 6.17 Å². The molecule has 0 aliphatic carbocycles. The molecule has 1 atom stereocenters. The van der Waals surface area contributed by atoms with Crippen LogP contribution in [0.25, 0.3) is 0 Å². The van der Waals surface area contributed by atoms with E-state index in [1.807, 2.05) is 41.3 Å². The summed E-state index contributed by atoms with van der Waals surface area (Å²) in [4.78, 5) is 27.9. The molecular weight excluding hydrogens is 416 g/mol. The predicted molar refractivity (Wildman–Crippen MR) is 119 cm³/mol. The van der Waals surface area contributed by atoms with E-state index in [1.54, 1.807) is 53.4 Å². The van der Waals surface area contributed by atoms with E-state index in [1.165, 1.54) is 0 Å². The number of nitrogens with zero attached hydrogens (tertiary/aromatic N) is 2. The third-order valence-corrected chi connectivity index (χ3v) is 5.40. The topological polar surface area (TPSA) is 81.1 Å². The van der Waals surface area contributed by atoms with E-state index in [9.17, 15) is 19.8 Å². The number of rotatable bonds is 5. The van der Waals surface area contributed by atoms with Gasteiger partial charge in [0, 0.05) is 16.4 Å². The Labute approximate surface area is 184 Å². The first-order chi connectivity index (χ1) is 15.0. The van der Waals surface area contributed by atoms with Crippen LogP contribution < -0.4 is 9.80 Å². The molecule has 6 nitrogen and oxygen atoms in total. The van der Waals surface area contributed by atoms with Gasteiger partial charge in [-0.2, -0.15) is 0 Å². The predicted octanol–water partition coefficient (Wildman–Crippen LogP) is 4.79. The number of hydrogen-bond donors (Lipinski definition) is 2. The van der Waals surface area contributed by atoms with Crippen molar-refractivity contribution in [2.75, 3.05) is 16.3 Å². The summed E-state index contributed by atoms with van der Waals surface area (Å²) >= 11 is 6.06. The van der Waals surface area contributed by atoms with E-state index in [0.29, 0.717) is 10.7 Å². The second-order valence-corrected chi connectivity index (χ2v) is 7.47. The molecule has 1 heterocycles. The first-order valence-electron chi connectivity index (χ1n) is 9.58. The van der Waals surface area contributed by atoms with Crippen LogP contribution >= 0.6 is 11.6 Å². The SMILES string of the molecule is O=C(O)C1=C(C(=O)O)N(c2ccccc2)C(c2ccccc2)N(c2ccc(Cl)cc2)C1. The summed E-state index contributed by atoms with van der Waals surface area (Å²) in [5.41, 5.74) is 1.68. The van der Waals surface area contributed by atoms with Gasteiger partial charge in [0.2, 0.25) is 0 Å². The van der Waals surface area contributed by atoms with Crippen molar-refractivity contribution in [2.24, 2.45) is 0 Å². The van der Waals surface area contributed by atoms with Gasteiger partial charge >= 0.3 is 11.9 Å². The molecule has 0 fully saturated rings. The van der Waals surface area contributed by atoms with E-state index in [0.717, 1.165) is 11.3 Å². The standard InChI is InChI=1S/C24H19ClN2O4/c25-17-11-13-18(14-12-17)26-15-20(23(28)29)21(24(30)31)27(19-9-5-2-6-10-19)22(26)16-7-3-1-4-8-16/h1-14,22H,15H2,(H,28,29)(H,30,31). The molecule has 0 saturated carbocycles. The van der Waals surface area contributed by atoms with Gasteiger partial charge < -0.3 is 20.0 Å². The second kappa shape index (κ2) is 8.53. The van der Waals surface area contributed by atoms with Crippen LogP contribution in [-0.4, -0.2) is 28.7 Å². The van der Waals surface area contributed by atoms with Crippen LogP contribution in [0.15, 0.2) is 96.2 Å². The van der Waals surface area contributed by atoms with Crippen LogP contribution in [-0.2, 0) is 9.59 Å². The van der Waals surface area contributed by atoms with Crippen molar-refractivity contribution < 1.29 is 19.8 Å². The Kier molecular flexibility index (Phi) is 5.64. The smallest absolute Gasteiger partial charge is 0.353 e. The number of para-hydroxylation sites is 1. The Morgan fingerprint density at radius 1 is 0.774 bits per heavy atom. The number of halogens is 1. The van der Waals surface area contributed by atoms with Gasteiger partial charge in [0.15, 0.2) is 0 Å². The summed E-state index contributed by atoms with van der Waals surface area (Å²) in [5, 5.41) is 20.5. The fourth-order valence-corrected chi connectivity index (χ4v) is 3.94. The molecule has 1 aliphatic rings. The maximum Gasteiger partial charge on any atom is 0.353 e. The normalized spacial score (nSPS) is 16.4. The molecule has 4 rings (SSSR count). The molecule has 3 aromatic rings. The summed E-state index contributed by atoms with van der Waals surface area (Å²) in [5.74, 6) is -2.57. The average Bonchev–Trinajstić information content (AvgIpc) is 2.79. The highest BCUT2D eigenvalue weighted by Crippen LogP contribution is 2.41. The quantitative estimate of drug-likeness (QED) is 0.601. The molecule has 3 aromatic carbocycles. The molecule has 0 amide bonds. The molecule has 0 spiro atoms. The maximum atomic E-state index is 12.3. The molecular formula is C24H19ClN2O4. The number of anilines is 2. The number of aliphatic carboxylic acids is 2. The number of hydrogen-bond acceptors (Lipinski definition) is 4. The lowest BCUT2D eigenvalue weighted by Crippen LogP contribution is -2.50. The lowest BCUT2D eigenvalue weighted by molar-refractivity contribution is -0.136. The molecule has 0 saturated heterocycles. The minimum atomic E-state index is -1.29. The zero-order chi connectivity index (χ0) is 22.0. The van der Waals surface area contributed by atoms with Crippen LogP contribution in [0.1, 0.15) is 11.7 Å². The number of carboxylic acid groups (broad SMARTS) is 2. The van der Waals surface area contributed by atoms with Crippen molar-refractivity contribution in [3.63, 3.8) is 0 Å². The summed E-state index contributed by atoms with van der Waals surface area (Å²) < 4.78 is 0. The lowest BCUT2D eigenvalue weighted by atomic mass is 10.00. The van der Waals surface area contributed by atoms with Gasteiger partial charge in [0.1, 0.15) is 11.9 Å². The summed E-state index contributed by atoms with van der Waals surface area (Å²) in [6.07, 6.45) is -0.584. The van der Waals surface area contributed by atoms with Crippen molar-refractivity contribution in [1.29, 1.82) is 0 Å². The molecule has 0 bridgehead atoms. The van der Waals surface area contributed by atoms with E-state index >= 15 is 0 Å². The molecule has 31 heavy (non-hydrogen) atoms. The molecule has 7 heteroatoms. The highest BCUT2D eigenvalue weighted by Gasteiger charge is 2.41. The summed E-state index contributed by atoms with van der Waals surface area (Å²) in [7, 11) is 0. The highest BCUT2D eigenvalue weighted by atomic mass is 35.5. The number of benzene rings is 3. The van der Waals surface area contributed by atoms with E-state index in [-0.39, 0.29) is 17.8 Å². The van der Waals surface area contributed by atoms with Crippen molar-refractivity contribution in [1.82, 2.24) is 0 Å². The first kappa shape index (κ1) is 20.5. The van der Waals surface area contributed by atoms with Crippen molar-refractivity contribution in [3.05, 3.63) is 107 Å². The van der Waals surface area contributed by atoms with E-state index < -0.39 is 18.1 Å². The molecule has 0 aromatic heterocycles. The number of carboxylic acids is 2. The van der Waals surface area contributed by atoms with E-state index in [4.69, 9.17) is 11.6 Å². The van der Waals surface area contributed by atoms with Crippen LogP contribution in [0.2, 0.25) is 5.02 Å². The fourth-order valence-electron chi connectivity index (χ4n) is 3.82. The highest BCUT2D eigenvalue weighted by molar-refractivity contribution is 6.30. The minimum Gasteiger partial charge on any atom is -0.478 e. The van der Waals surface area contributed by atoms with Gasteiger partial charge in [-0.25, -0.2) is 9.59 Å². The molecule has 1 unspecified atom stereocenters. The maximum absolute atomic E-state index is 12.3. The Morgan fingerprint density at radius 2 is 1.35 bits per heavy atom. The van der Waals surface area contributed by atoms with Gasteiger partial charge in [-0.3, -0.25) is 0 Å². The zero-order valence-electron chi connectivity index (χ0n) is 16.4. The monoisotopic (exact) mass is 434 g/mol. The van der Waals surface area contributed by atoms with Gasteiger partial charge in [-0.1, -0.05) is 60.1 Å². The zero-order valence-corrected chi connectivity index (χ0v) is 17.1. The Hall–Kier alpha value is -3.77. The first-order valence-corrected chi connectivity index (χ1v) is 9.96. The molecule has 156 valence electrons. The van der Waals surface area contributed by atoms with Crippen molar-refractivity contribution in [3.8, 4) is 0 Å². The second-order valence-electron chi connectivity index (χ2n) is 7.03. The van der Waals surface area contributed by atoms with E-state index in [2.05, 4.69) is 0 Å². The van der Waals surface area contributed by atoms with Crippen LogP contribution in [0.3, 0.4) is 0 Å². The third kappa shape index (κ3) is 3.98. The Bertz CT molecular complexity index is 1130.